The number of nitrogens with zero attached hydrogens (tertiary/aromatic N) is 5. The van der Waals surface area contributed by atoms with E-state index in [1.165, 1.54) is 23.9 Å². The molecule has 0 saturated heterocycles. The van der Waals surface area contributed by atoms with Crippen molar-refractivity contribution in [1.29, 1.82) is 0 Å². The van der Waals surface area contributed by atoms with Gasteiger partial charge in [-0.05, 0) is 82.5 Å². The van der Waals surface area contributed by atoms with Gasteiger partial charge in [-0.1, -0.05) is 17.8 Å². The number of benzene rings is 3. The van der Waals surface area contributed by atoms with E-state index in [-0.39, 0.29) is 23.8 Å². The molecule has 13 heteroatoms. The van der Waals surface area contributed by atoms with Crippen LogP contribution < -0.4 is 9.47 Å². The molecule has 1 atom stereocenters. The number of rotatable bonds is 11. The maximum absolute atomic E-state index is 11.5. The molecule has 38 heavy (non-hydrogen) atoms. The molecule has 0 bridgehead atoms. The molecule has 0 radical (unpaired) electrons. The van der Waals surface area contributed by atoms with E-state index < -0.39 is 10.2 Å². The zero-order chi connectivity index (χ0) is 27.2. The Morgan fingerprint density at radius 2 is 1.74 bits per heavy atom. The van der Waals surface area contributed by atoms with Crippen molar-refractivity contribution in [3.63, 3.8) is 0 Å². The second-order valence-corrected chi connectivity index (χ2v) is 10.1. The van der Waals surface area contributed by atoms with Crippen LogP contribution in [0.15, 0.2) is 76.4 Å². The van der Waals surface area contributed by atoms with E-state index in [0.717, 1.165) is 11.3 Å². The minimum absolute atomic E-state index is 0.00614. The van der Waals surface area contributed by atoms with Crippen LogP contribution in [0.2, 0.25) is 0 Å². The lowest BCUT2D eigenvalue weighted by atomic mass is 10.1. The number of ether oxygens (including phenoxy) is 2. The quantitative estimate of drug-likeness (QED) is 0.116. The van der Waals surface area contributed by atoms with E-state index in [2.05, 4.69) is 26.1 Å². The monoisotopic (exact) mass is 599 g/mol. The first-order valence-electron chi connectivity index (χ1n) is 11.3. The van der Waals surface area contributed by atoms with Gasteiger partial charge in [0.15, 0.2) is 5.16 Å². The van der Waals surface area contributed by atoms with Crippen LogP contribution in [-0.2, 0) is 6.61 Å². The molecule has 11 nitrogen and oxygen atoms in total. The average molecular weight is 600 g/mol. The van der Waals surface area contributed by atoms with Crippen LogP contribution in [0.1, 0.15) is 22.2 Å². The summed E-state index contributed by atoms with van der Waals surface area (Å²) in [5.41, 5.74) is 2.29. The van der Waals surface area contributed by atoms with E-state index in [1.54, 1.807) is 37.4 Å². The first-order valence-corrected chi connectivity index (χ1v) is 12.9. The maximum atomic E-state index is 11.5. The maximum Gasteiger partial charge on any atom is 0.269 e. The minimum Gasteiger partial charge on any atom is -0.497 e. The third-order valence-corrected chi connectivity index (χ3v) is 7.36. The Balaban J connectivity index is 1.54. The Bertz CT molecular complexity index is 1450. The molecule has 0 amide bonds. The van der Waals surface area contributed by atoms with Crippen LogP contribution in [0.5, 0.6) is 11.5 Å². The van der Waals surface area contributed by atoms with Crippen molar-refractivity contribution in [3.05, 3.63) is 108 Å². The zero-order valence-electron chi connectivity index (χ0n) is 20.3. The molecular formula is C25H22BrN5O6S. The summed E-state index contributed by atoms with van der Waals surface area (Å²) in [4.78, 5) is 21.6. The Kier molecular flexibility index (Phi) is 8.59. The smallest absolute Gasteiger partial charge is 0.269 e. The Labute approximate surface area is 230 Å². The molecule has 0 aliphatic heterocycles. The lowest BCUT2D eigenvalue weighted by Gasteiger charge is -2.16. The summed E-state index contributed by atoms with van der Waals surface area (Å²) in [5, 5.41) is 30.8. The summed E-state index contributed by atoms with van der Waals surface area (Å²) in [6.45, 7) is 1.69. The van der Waals surface area contributed by atoms with Crippen LogP contribution in [0.4, 0.5) is 5.69 Å². The van der Waals surface area contributed by atoms with Crippen molar-refractivity contribution < 1.29 is 19.3 Å². The summed E-state index contributed by atoms with van der Waals surface area (Å²) in [6.07, 6.45) is 0. The number of hydrogen-bond donors (Lipinski definition) is 0. The number of nitro benzene ring substituents is 1. The lowest BCUT2D eigenvalue weighted by Crippen LogP contribution is -2.11. The molecule has 0 spiro atoms. The summed E-state index contributed by atoms with van der Waals surface area (Å²) in [7, 11) is 1.59. The highest BCUT2D eigenvalue weighted by Gasteiger charge is 2.24. The van der Waals surface area contributed by atoms with Crippen LogP contribution in [-0.4, -0.2) is 38.3 Å². The van der Waals surface area contributed by atoms with E-state index in [1.807, 2.05) is 35.8 Å². The molecule has 0 aliphatic carbocycles. The number of methoxy groups -OCH3 is 1. The summed E-state index contributed by atoms with van der Waals surface area (Å²) < 4.78 is 13.6. The van der Waals surface area contributed by atoms with Crippen molar-refractivity contribution >= 4 is 33.4 Å². The van der Waals surface area contributed by atoms with Crippen molar-refractivity contribution in [2.75, 3.05) is 13.7 Å². The predicted molar refractivity (Wildman–Crippen MR) is 145 cm³/mol. The normalized spacial score (nSPS) is 11.7. The van der Waals surface area contributed by atoms with Crippen LogP contribution in [0, 0.1) is 27.2 Å². The number of halogens is 1. The first-order chi connectivity index (χ1) is 18.2. The number of thioether (sulfide) groups is 1. The third kappa shape index (κ3) is 6.47. The summed E-state index contributed by atoms with van der Waals surface area (Å²) in [5.74, 6) is 1.89. The molecule has 4 aromatic rings. The third-order valence-electron chi connectivity index (χ3n) is 5.56. The fourth-order valence-corrected chi connectivity index (χ4v) is 5.31. The van der Waals surface area contributed by atoms with Gasteiger partial charge in [0.05, 0.1) is 16.5 Å². The zero-order valence-corrected chi connectivity index (χ0v) is 22.7. The van der Waals surface area contributed by atoms with Gasteiger partial charge < -0.3 is 9.47 Å². The molecule has 1 heterocycles. The van der Waals surface area contributed by atoms with Crippen molar-refractivity contribution in [2.45, 2.75) is 23.9 Å². The van der Waals surface area contributed by atoms with Crippen molar-refractivity contribution in [3.8, 4) is 17.2 Å². The highest BCUT2D eigenvalue weighted by molar-refractivity contribution is 9.10. The Hall–Kier alpha value is -3.97. The topological polar surface area (TPSA) is 135 Å². The van der Waals surface area contributed by atoms with Gasteiger partial charge in [0.1, 0.15) is 29.2 Å². The van der Waals surface area contributed by atoms with Gasteiger partial charge in [0, 0.05) is 22.7 Å². The molecule has 1 aromatic heterocycles. The van der Waals surface area contributed by atoms with Gasteiger partial charge in [0.25, 0.3) is 5.69 Å². The molecular weight excluding hydrogens is 578 g/mol. The number of non-ortho nitro benzene ring substituents is 1. The minimum atomic E-state index is -0.550. The van der Waals surface area contributed by atoms with E-state index >= 15 is 0 Å². The van der Waals surface area contributed by atoms with E-state index in [9.17, 15) is 20.2 Å². The number of nitro groups is 2. The second kappa shape index (κ2) is 12.0. The Morgan fingerprint density at radius 1 is 1.03 bits per heavy atom. The lowest BCUT2D eigenvalue weighted by molar-refractivity contribution is -0.479. The van der Waals surface area contributed by atoms with Gasteiger partial charge in [-0.15, -0.1) is 10.2 Å². The highest BCUT2D eigenvalue weighted by atomic mass is 79.9. The largest absolute Gasteiger partial charge is 0.497 e. The highest BCUT2D eigenvalue weighted by Crippen LogP contribution is 2.39. The van der Waals surface area contributed by atoms with Gasteiger partial charge in [-0.2, -0.15) is 0 Å². The number of aromatic nitrogens is 3. The van der Waals surface area contributed by atoms with Gasteiger partial charge in [-0.3, -0.25) is 24.8 Å². The summed E-state index contributed by atoms with van der Waals surface area (Å²) >= 11 is 4.75. The average Bonchev–Trinajstić information content (AvgIpc) is 3.27. The fourth-order valence-electron chi connectivity index (χ4n) is 3.63. The van der Waals surface area contributed by atoms with Gasteiger partial charge in [0.2, 0.25) is 6.54 Å². The molecule has 0 saturated carbocycles. The number of aryl methyl sites for hydroxylation is 1. The predicted octanol–water partition coefficient (Wildman–Crippen LogP) is 5.94. The molecule has 4 rings (SSSR count). The van der Waals surface area contributed by atoms with Gasteiger partial charge >= 0.3 is 0 Å². The first kappa shape index (κ1) is 27.1. The second-order valence-electron chi connectivity index (χ2n) is 8.09. The van der Waals surface area contributed by atoms with E-state index in [4.69, 9.17) is 9.47 Å². The Morgan fingerprint density at radius 3 is 2.34 bits per heavy atom. The van der Waals surface area contributed by atoms with Crippen LogP contribution in [0.3, 0.4) is 0 Å². The molecule has 0 unspecified atom stereocenters. The number of hydrogen-bond acceptors (Lipinski definition) is 9. The van der Waals surface area contributed by atoms with Crippen LogP contribution in [0.25, 0.3) is 5.69 Å². The molecule has 196 valence electrons. The SMILES string of the molecule is COc1ccc(-n2c(C)nnc2S[C@@H](C[N+](=O)[O-])c2ccc(OCc3ccc([N+](=O)[O-])cc3)c(Br)c2)cc1. The van der Waals surface area contributed by atoms with Crippen molar-refractivity contribution in [2.24, 2.45) is 0 Å². The summed E-state index contributed by atoms with van der Waals surface area (Å²) in [6, 6.07) is 18.8. The van der Waals surface area contributed by atoms with E-state index in [0.29, 0.717) is 32.5 Å². The molecule has 0 fully saturated rings. The van der Waals surface area contributed by atoms with Gasteiger partial charge in [-0.25, -0.2) is 0 Å². The standard InChI is InChI=1S/C25H22BrN5O6S/c1-16-27-28-25(30(16)19-8-10-21(36-2)11-9-19)38-24(14-29(32)33)18-5-12-23(22(26)13-18)37-15-17-3-6-20(7-4-17)31(34)35/h3-13,24H,14-15H2,1-2H3/t24-/m0/s1. The van der Waals surface area contributed by atoms with Crippen LogP contribution >= 0.6 is 27.7 Å². The molecule has 0 N–H and O–H groups in total. The van der Waals surface area contributed by atoms with Crippen molar-refractivity contribution in [1.82, 2.24) is 14.8 Å². The molecule has 0 aliphatic rings. The fraction of sp³-hybridized carbons (Fsp3) is 0.200. The molecule has 3 aromatic carbocycles.